The Kier molecular flexibility index (Phi) is 8.68. The SMILES string of the molecule is CC(C)(C)OC(=O)CCNC(=O)c1cc2cc(-c3ccc(C(C)(C)C)cc3)ccc2n1-c1ccc(OC2CCCC2)cc1. The average Bonchev–Trinajstić information content (AvgIpc) is 3.59. The molecule has 5 rings (SSSR count). The van der Waals surface area contributed by atoms with Gasteiger partial charge in [-0.05, 0) is 111 Å². The van der Waals surface area contributed by atoms with E-state index in [-0.39, 0.29) is 36.4 Å². The molecule has 0 radical (unpaired) electrons. The van der Waals surface area contributed by atoms with E-state index in [0.29, 0.717) is 5.69 Å². The molecular weight excluding hydrogens is 536 g/mol. The van der Waals surface area contributed by atoms with Gasteiger partial charge in [-0.2, -0.15) is 0 Å². The molecule has 6 nitrogen and oxygen atoms in total. The lowest BCUT2D eigenvalue weighted by atomic mass is 9.86. The van der Waals surface area contributed by atoms with Gasteiger partial charge in [-0.25, -0.2) is 0 Å². The van der Waals surface area contributed by atoms with Crippen molar-refractivity contribution in [1.29, 1.82) is 0 Å². The van der Waals surface area contributed by atoms with E-state index in [4.69, 9.17) is 9.47 Å². The van der Waals surface area contributed by atoms with Gasteiger partial charge in [-0.15, -0.1) is 0 Å². The summed E-state index contributed by atoms with van der Waals surface area (Å²) in [5, 5.41) is 3.89. The molecule has 0 aliphatic heterocycles. The van der Waals surface area contributed by atoms with E-state index in [2.05, 4.69) is 68.6 Å². The fourth-order valence-corrected chi connectivity index (χ4v) is 5.64. The van der Waals surface area contributed by atoms with Gasteiger partial charge in [0.2, 0.25) is 0 Å². The molecule has 0 saturated heterocycles. The second-order valence-electron chi connectivity index (χ2n) is 13.6. The molecule has 1 aromatic heterocycles. The van der Waals surface area contributed by atoms with Crippen molar-refractivity contribution in [3.05, 3.63) is 84.1 Å². The zero-order valence-electron chi connectivity index (χ0n) is 26.3. The van der Waals surface area contributed by atoms with Gasteiger partial charge in [0, 0.05) is 17.6 Å². The molecule has 0 spiro atoms. The van der Waals surface area contributed by atoms with Crippen molar-refractivity contribution >= 4 is 22.8 Å². The van der Waals surface area contributed by atoms with Crippen LogP contribution < -0.4 is 10.1 Å². The van der Waals surface area contributed by atoms with Crippen LogP contribution in [0.5, 0.6) is 5.75 Å². The quantitative estimate of drug-likeness (QED) is 0.213. The van der Waals surface area contributed by atoms with E-state index in [1.807, 2.05) is 55.7 Å². The summed E-state index contributed by atoms with van der Waals surface area (Å²) in [6.07, 6.45) is 5.00. The summed E-state index contributed by atoms with van der Waals surface area (Å²) >= 11 is 0. The lowest BCUT2D eigenvalue weighted by Crippen LogP contribution is -2.30. The minimum Gasteiger partial charge on any atom is -0.490 e. The summed E-state index contributed by atoms with van der Waals surface area (Å²) in [7, 11) is 0. The number of benzene rings is 3. The molecule has 0 unspecified atom stereocenters. The number of amides is 1. The van der Waals surface area contributed by atoms with Crippen LogP contribution in [-0.4, -0.2) is 34.7 Å². The van der Waals surface area contributed by atoms with Gasteiger partial charge >= 0.3 is 5.97 Å². The van der Waals surface area contributed by atoms with Gasteiger partial charge in [0.15, 0.2) is 0 Å². The molecule has 1 fully saturated rings. The second kappa shape index (κ2) is 12.3. The average molecular weight is 581 g/mol. The van der Waals surface area contributed by atoms with Crippen LogP contribution in [-0.2, 0) is 14.9 Å². The summed E-state index contributed by atoms with van der Waals surface area (Å²) in [5.41, 5.74) is 5.32. The van der Waals surface area contributed by atoms with Gasteiger partial charge in [0.1, 0.15) is 17.0 Å². The van der Waals surface area contributed by atoms with Gasteiger partial charge in [0.25, 0.3) is 5.91 Å². The third-order valence-electron chi connectivity index (χ3n) is 7.85. The van der Waals surface area contributed by atoms with Crippen LogP contribution in [0.25, 0.3) is 27.7 Å². The van der Waals surface area contributed by atoms with E-state index in [1.54, 1.807) is 0 Å². The van der Waals surface area contributed by atoms with Gasteiger partial charge in [-0.3, -0.25) is 9.59 Å². The molecule has 1 amide bonds. The zero-order chi connectivity index (χ0) is 30.8. The van der Waals surface area contributed by atoms with Crippen molar-refractivity contribution < 1.29 is 19.1 Å². The first-order valence-corrected chi connectivity index (χ1v) is 15.4. The van der Waals surface area contributed by atoms with E-state index < -0.39 is 5.60 Å². The number of ether oxygens (including phenoxy) is 2. The second-order valence-corrected chi connectivity index (χ2v) is 13.6. The van der Waals surface area contributed by atoms with Crippen LogP contribution in [0.1, 0.15) is 89.7 Å². The van der Waals surface area contributed by atoms with Crippen LogP contribution in [0.3, 0.4) is 0 Å². The number of nitrogens with one attached hydrogen (secondary N) is 1. The topological polar surface area (TPSA) is 69.6 Å². The number of rotatable bonds is 8. The van der Waals surface area contributed by atoms with E-state index in [9.17, 15) is 9.59 Å². The summed E-state index contributed by atoms with van der Waals surface area (Å²) < 4.78 is 13.6. The number of carbonyl (C=O) groups excluding carboxylic acids is 2. The first-order chi connectivity index (χ1) is 20.4. The Bertz CT molecular complexity index is 1580. The fourth-order valence-electron chi connectivity index (χ4n) is 5.64. The summed E-state index contributed by atoms with van der Waals surface area (Å²) in [6.45, 7) is 12.3. The van der Waals surface area contributed by atoms with Crippen molar-refractivity contribution in [1.82, 2.24) is 9.88 Å². The first-order valence-electron chi connectivity index (χ1n) is 15.4. The predicted octanol–water partition coefficient (Wildman–Crippen LogP) is 8.38. The number of esters is 1. The summed E-state index contributed by atoms with van der Waals surface area (Å²) in [5.74, 6) is 0.256. The maximum atomic E-state index is 13.5. The number of fused-ring (bicyclic) bond motifs is 1. The van der Waals surface area contributed by atoms with Crippen molar-refractivity contribution in [2.45, 2.75) is 90.8 Å². The van der Waals surface area contributed by atoms with Crippen molar-refractivity contribution in [2.75, 3.05) is 6.54 Å². The molecule has 1 aliphatic carbocycles. The maximum absolute atomic E-state index is 13.5. The van der Waals surface area contributed by atoms with E-state index in [0.717, 1.165) is 46.3 Å². The van der Waals surface area contributed by atoms with E-state index >= 15 is 0 Å². The monoisotopic (exact) mass is 580 g/mol. The minimum absolute atomic E-state index is 0.0864. The Morgan fingerprint density at radius 2 is 1.49 bits per heavy atom. The van der Waals surface area contributed by atoms with Crippen molar-refractivity contribution in [3.63, 3.8) is 0 Å². The van der Waals surface area contributed by atoms with Crippen molar-refractivity contribution in [3.8, 4) is 22.6 Å². The first kappa shape index (κ1) is 30.4. The molecule has 1 N–H and O–H groups in total. The number of nitrogens with zero attached hydrogens (tertiary/aromatic N) is 1. The Labute approximate surface area is 255 Å². The summed E-state index contributed by atoms with van der Waals surface area (Å²) in [4.78, 5) is 25.8. The van der Waals surface area contributed by atoms with Gasteiger partial charge in [0.05, 0.1) is 18.0 Å². The third-order valence-corrected chi connectivity index (χ3v) is 7.85. The lowest BCUT2D eigenvalue weighted by Gasteiger charge is -2.19. The summed E-state index contributed by atoms with van der Waals surface area (Å²) in [6, 6.07) is 24.9. The Hall–Kier alpha value is -4.06. The molecule has 1 saturated carbocycles. The molecule has 4 aromatic rings. The molecule has 1 heterocycles. The molecule has 0 atom stereocenters. The lowest BCUT2D eigenvalue weighted by molar-refractivity contribution is -0.154. The van der Waals surface area contributed by atoms with Gasteiger partial charge in [-0.1, -0.05) is 51.1 Å². The Balaban J connectivity index is 1.45. The normalized spacial score (nSPS) is 14.2. The van der Waals surface area contributed by atoms with Crippen LogP contribution in [0.4, 0.5) is 0 Å². The smallest absolute Gasteiger partial charge is 0.308 e. The molecule has 6 heteroatoms. The number of hydrogen-bond donors (Lipinski definition) is 1. The van der Waals surface area contributed by atoms with Crippen molar-refractivity contribution in [2.24, 2.45) is 0 Å². The maximum Gasteiger partial charge on any atom is 0.308 e. The standard InChI is InChI=1S/C37H44N2O4/c1-36(2,3)28-14-11-25(12-15-28)26-13-20-32-27(23-26)24-33(35(41)38-22-21-34(40)43-37(4,5)6)39(32)29-16-18-31(19-17-29)42-30-9-7-8-10-30/h11-20,23-24,30H,7-10,21-22H2,1-6H3,(H,38,41). The Morgan fingerprint density at radius 1 is 0.837 bits per heavy atom. The molecule has 43 heavy (non-hydrogen) atoms. The number of carbonyl (C=O) groups is 2. The number of aromatic nitrogens is 1. The third kappa shape index (κ3) is 7.48. The van der Waals surface area contributed by atoms with Gasteiger partial charge < -0.3 is 19.4 Å². The number of hydrogen-bond acceptors (Lipinski definition) is 4. The molecule has 3 aromatic carbocycles. The highest BCUT2D eigenvalue weighted by atomic mass is 16.6. The largest absolute Gasteiger partial charge is 0.490 e. The molecular formula is C37H44N2O4. The minimum atomic E-state index is -0.564. The highest BCUT2D eigenvalue weighted by molar-refractivity contribution is 6.01. The highest BCUT2D eigenvalue weighted by Crippen LogP contribution is 2.32. The molecule has 0 bridgehead atoms. The Morgan fingerprint density at radius 3 is 2.12 bits per heavy atom. The molecule has 1 aliphatic rings. The fraction of sp³-hybridized carbons (Fsp3) is 0.405. The highest BCUT2D eigenvalue weighted by Gasteiger charge is 2.21. The predicted molar refractivity (Wildman–Crippen MR) is 173 cm³/mol. The molecule has 226 valence electrons. The van der Waals surface area contributed by atoms with Crippen LogP contribution in [0.2, 0.25) is 0 Å². The van der Waals surface area contributed by atoms with Crippen LogP contribution in [0, 0.1) is 0 Å². The van der Waals surface area contributed by atoms with Crippen LogP contribution >= 0.6 is 0 Å². The van der Waals surface area contributed by atoms with Crippen LogP contribution in [0.15, 0.2) is 72.8 Å². The zero-order valence-corrected chi connectivity index (χ0v) is 26.3. The van der Waals surface area contributed by atoms with E-state index in [1.165, 1.54) is 18.4 Å².